The Morgan fingerprint density at radius 2 is 0.558 bits per heavy atom. The number of pyridine rings is 1. The number of hydrogen-bond donors (Lipinski definition) is 0. The third-order valence-corrected chi connectivity index (χ3v) is 9.49. The van der Waals surface area contributed by atoms with Crippen molar-refractivity contribution < 1.29 is 0 Å². The Kier molecular flexibility index (Phi) is 8.80. The van der Waals surface area contributed by atoms with Gasteiger partial charge in [0.05, 0.1) is 5.69 Å². The second kappa shape index (κ2) is 14.0. The standard InChI is InChI=1S/C48H38N4/c1-31-5-13-35(14-6-31)42-27-43(36-15-7-32(2)8-16-36)29-44(28-42)37-21-23-38(24-22-37)45-26-25-41(30-49-45)48-51-46(39-17-9-33(3)10-18-39)50-47(52-48)40-19-11-34(4)12-20-40/h5-30H,1-4H3. The Morgan fingerprint density at radius 3 is 0.904 bits per heavy atom. The number of benzene rings is 6. The molecular weight excluding hydrogens is 633 g/mol. The fraction of sp³-hybridized carbons (Fsp3) is 0.0833. The molecule has 0 N–H and O–H groups in total. The second-order valence-corrected chi connectivity index (χ2v) is 13.6. The van der Waals surface area contributed by atoms with Gasteiger partial charge in [0.25, 0.3) is 0 Å². The molecule has 0 bridgehead atoms. The van der Waals surface area contributed by atoms with E-state index in [0.29, 0.717) is 17.5 Å². The zero-order valence-electron chi connectivity index (χ0n) is 29.8. The van der Waals surface area contributed by atoms with Crippen molar-refractivity contribution in [3.63, 3.8) is 0 Å². The van der Waals surface area contributed by atoms with Crippen molar-refractivity contribution >= 4 is 0 Å². The molecule has 250 valence electrons. The lowest BCUT2D eigenvalue weighted by Gasteiger charge is -2.12. The highest BCUT2D eigenvalue weighted by Gasteiger charge is 2.14. The van der Waals surface area contributed by atoms with E-state index in [1.807, 2.05) is 18.3 Å². The molecule has 52 heavy (non-hydrogen) atoms. The van der Waals surface area contributed by atoms with E-state index < -0.39 is 0 Å². The number of aryl methyl sites for hydroxylation is 4. The first-order valence-corrected chi connectivity index (χ1v) is 17.6. The Morgan fingerprint density at radius 1 is 0.269 bits per heavy atom. The van der Waals surface area contributed by atoms with Crippen molar-refractivity contribution in [2.75, 3.05) is 0 Å². The van der Waals surface area contributed by atoms with Crippen LogP contribution < -0.4 is 0 Å². The SMILES string of the molecule is Cc1ccc(-c2cc(-c3ccc(C)cc3)cc(-c3ccc(-c4ccc(-c5nc(-c6ccc(C)cc6)nc(-c6ccc(C)cc6)n5)cn4)cc3)c2)cc1. The quantitative estimate of drug-likeness (QED) is 0.169. The molecule has 4 nitrogen and oxygen atoms in total. The third-order valence-electron chi connectivity index (χ3n) is 9.49. The lowest BCUT2D eigenvalue weighted by molar-refractivity contribution is 1.07. The molecule has 0 spiro atoms. The maximum Gasteiger partial charge on any atom is 0.165 e. The van der Waals surface area contributed by atoms with Crippen LogP contribution in [0.25, 0.3) is 78.8 Å². The fourth-order valence-electron chi connectivity index (χ4n) is 6.32. The van der Waals surface area contributed by atoms with Crippen LogP contribution in [0.3, 0.4) is 0 Å². The highest BCUT2D eigenvalue weighted by atomic mass is 15.0. The van der Waals surface area contributed by atoms with Crippen LogP contribution in [0.15, 0.2) is 158 Å². The van der Waals surface area contributed by atoms with Crippen LogP contribution in [0.1, 0.15) is 22.3 Å². The zero-order valence-corrected chi connectivity index (χ0v) is 29.8. The molecule has 6 aromatic carbocycles. The molecule has 0 aliphatic rings. The lowest BCUT2D eigenvalue weighted by atomic mass is 9.92. The highest BCUT2D eigenvalue weighted by Crippen LogP contribution is 2.34. The van der Waals surface area contributed by atoms with Gasteiger partial charge in [0, 0.05) is 28.5 Å². The molecule has 0 radical (unpaired) electrons. The summed E-state index contributed by atoms with van der Waals surface area (Å²) in [5.74, 6) is 1.86. The summed E-state index contributed by atoms with van der Waals surface area (Å²) < 4.78 is 0. The maximum absolute atomic E-state index is 4.90. The van der Waals surface area contributed by atoms with Gasteiger partial charge >= 0.3 is 0 Å². The Labute approximate surface area is 305 Å². The largest absolute Gasteiger partial charge is 0.255 e. The minimum atomic E-state index is 0.591. The number of rotatable bonds is 7. The van der Waals surface area contributed by atoms with Gasteiger partial charge in [-0.25, -0.2) is 15.0 Å². The molecule has 0 fully saturated rings. The topological polar surface area (TPSA) is 51.6 Å². The van der Waals surface area contributed by atoms with Crippen LogP contribution in [-0.2, 0) is 0 Å². The summed E-state index contributed by atoms with van der Waals surface area (Å²) in [5, 5.41) is 0. The van der Waals surface area contributed by atoms with E-state index >= 15 is 0 Å². The zero-order chi connectivity index (χ0) is 35.6. The van der Waals surface area contributed by atoms with Gasteiger partial charge < -0.3 is 0 Å². The van der Waals surface area contributed by atoms with Gasteiger partial charge in [-0.1, -0.05) is 144 Å². The molecule has 0 saturated carbocycles. The van der Waals surface area contributed by atoms with E-state index in [4.69, 9.17) is 19.9 Å². The third kappa shape index (κ3) is 7.05. The average Bonchev–Trinajstić information content (AvgIpc) is 3.19. The summed E-state index contributed by atoms with van der Waals surface area (Å²) in [7, 11) is 0. The van der Waals surface area contributed by atoms with Gasteiger partial charge in [-0.3, -0.25) is 4.98 Å². The molecule has 0 atom stereocenters. The van der Waals surface area contributed by atoms with Crippen LogP contribution >= 0.6 is 0 Å². The molecular formula is C48H38N4. The molecule has 8 aromatic rings. The molecule has 4 heteroatoms. The predicted octanol–water partition coefficient (Wildman–Crippen LogP) is 12.2. The summed E-state index contributed by atoms with van der Waals surface area (Å²) in [6, 6.07) is 53.7. The molecule has 0 aliphatic carbocycles. The number of aromatic nitrogens is 4. The first-order valence-electron chi connectivity index (χ1n) is 17.6. The van der Waals surface area contributed by atoms with E-state index in [1.165, 1.54) is 50.1 Å². The van der Waals surface area contributed by atoms with Crippen molar-refractivity contribution in [2.24, 2.45) is 0 Å². The first kappa shape index (κ1) is 32.7. The Bertz CT molecular complexity index is 2170. The van der Waals surface area contributed by atoms with Gasteiger partial charge in [0.2, 0.25) is 0 Å². The van der Waals surface area contributed by atoms with Crippen molar-refractivity contribution in [1.29, 1.82) is 0 Å². The van der Waals surface area contributed by atoms with E-state index in [1.54, 1.807) is 0 Å². The molecule has 0 aliphatic heterocycles. The lowest BCUT2D eigenvalue weighted by Crippen LogP contribution is -2.00. The fourth-order valence-corrected chi connectivity index (χ4v) is 6.32. The Balaban J connectivity index is 1.11. The molecule has 0 amide bonds. The van der Waals surface area contributed by atoms with Gasteiger partial charge in [-0.05, 0) is 91.4 Å². The van der Waals surface area contributed by atoms with Crippen molar-refractivity contribution in [2.45, 2.75) is 27.7 Å². The summed E-state index contributed by atoms with van der Waals surface area (Å²) in [5.41, 5.74) is 16.7. The van der Waals surface area contributed by atoms with E-state index in [2.05, 4.69) is 167 Å². The summed E-state index contributed by atoms with van der Waals surface area (Å²) in [4.78, 5) is 19.5. The van der Waals surface area contributed by atoms with E-state index in [-0.39, 0.29) is 0 Å². The minimum absolute atomic E-state index is 0.591. The van der Waals surface area contributed by atoms with E-state index in [0.717, 1.165) is 33.5 Å². The van der Waals surface area contributed by atoms with Crippen molar-refractivity contribution in [1.82, 2.24) is 19.9 Å². The maximum atomic E-state index is 4.90. The molecule has 0 saturated heterocycles. The van der Waals surface area contributed by atoms with Crippen LogP contribution in [0.2, 0.25) is 0 Å². The molecule has 2 heterocycles. The average molecular weight is 671 g/mol. The molecule has 0 unspecified atom stereocenters. The summed E-state index contributed by atoms with van der Waals surface area (Å²) in [6.07, 6.45) is 1.86. The smallest absolute Gasteiger partial charge is 0.165 e. The number of hydrogen-bond acceptors (Lipinski definition) is 4. The van der Waals surface area contributed by atoms with Crippen LogP contribution in [0.4, 0.5) is 0 Å². The molecule has 2 aromatic heterocycles. The first-order chi connectivity index (χ1) is 25.3. The summed E-state index contributed by atoms with van der Waals surface area (Å²) >= 11 is 0. The normalized spacial score (nSPS) is 11.1. The van der Waals surface area contributed by atoms with Gasteiger partial charge in [-0.2, -0.15) is 0 Å². The van der Waals surface area contributed by atoms with Gasteiger partial charge in [-0.15, -0.1) is 0 Å². The van der Waals surface area contributed by atoms with Crippen LogP contribution in [0.5, 0.6) is 0 Å². The Hall–Kier alpha value is -6.52. The van der Waals surface area contributed by atoms with Gasteiger partial charge in [0.1, 0.15) is 0 Å². The minimum Gasteiger partial charge on any atom is -0.255 e. The number of nitrogens with zero attached hydrogens (tertiary/aromatic N) is 4. The van der Waals surface area contributed by atoms with E-state index in [9.17, 15) is 0 Å². The van der Waals surface area contributed by atoms with Crippen LogP contribution in [-0.4, -0.2) is 19.9 Å². The second-order valence-electron chi connectivity index (χ2n) is 13.6. The van der Waals surface area contributed by atoms with Gasteiger partial charge in [0.15, 0.2) is 17.5 Å². The van der Waals surface area contributed by atoms with Crippen molar-refractivity contribution in [3.05, 3.63) is 180 Å². The van der Waals surface area contributed by atoms with Crippen LogP contribution in [0, 0.1) is 27.7 Å². The summed E-state index contributed by atoms with van der Waals surface area (Å²) in [6.45, 7) is 8.40. The molecule has 8 rings (SSSR count). The van der Waals surface area contributed by atoms with Crippen molar-refractivity contribution in [3.8, 4) is 78.8 Å². The monoisotopic (exact) mass is 670 g/mol. The highest BCUT2D eigenvalue weighted by molar-refractivity contribution is 5.82. The predicted molar refractivity (Wildman–Crippen MR) is 215 cm³/mol.